The maximum absolute atomic E-state index is 9.54. The van der Waals surface area contributed by atoms with Crippen molar-refractivity contribution in [3.63, 3.8) is 0 Å². The van der Waals surface area contributed by atoms with Gasteiger partial charge in [0.05, 0.1) is 6.10 Å². The summed E-state index contributed by atoms with van der Waals surface area (Å²) in [5, 5.41) is 9.54. The van der Waals surface area contributed by atoms with E-state index in [-0.39, 0.29) is 6.10 Å². The van der Waals surface area contributed by atoms with Gasteiger partial charge in [0, 0.05) is 24.8 Å². The first-order valence-electron chi connectivity index (χ1n) is 7.11. The predicted molar refractivity (Wildman–Crippen MR) is 80.6 cm³/mol. The molecule has 1 aliphatic rings. The molecule has 1 fully saturated rings. The molecule has 0 aromatic heterocycles. The van der Waals surface area contributed by atoms with E-state index in [9.17, 15) is 5.11 Å². The number of hydrogen-bond acceptors (Lipinski definition) is 3. The van der Waals surface area contributed by atoms with Gasteiger partial charge in [-0.3, -0.25) is 0 Å². The molecule has 0 unspecified atom stereocenters. The molecule has 1 saturated carbocycles. The minimum absolute atomic E-state index is 0.345. The SMILES string of the molecule is C[C@@H](O)c1ccc(N(C)CC2(N(C)C)CCC2)cc1. The average Bonchev–Trinajstić information content (AvgIpc) is 2.33. The third kappa shape index (κ3) is 2.93. The molecule has 1 N–H and O–H groups in total. The van der Waals surface area contributed by atoms with Gasteiger partial charge in [0.25, 0.3) is 0 Å². The Labute approximate surface area is 116 Å². The molecule has 0 amide bonds. The van der Waals surface area contributed by atoms with Gasteiger partial charge in [0.1, 0.15) is 0 Å². The van der Waals surface area contributed by atoms with Gasteiger partial charge in [-0.1, -0.05) is 12.1 Å². The van der Waals surface area contributed by atoms with Gasteiger partial charge in [-0.05, 0) is 58.0 Å². The summed E-state index contributed by atoms with van der Waals surface area (Å²) in [4.78, 5) is 4.70. The molecule has 3 nitrogen and oxygen atoms in total. The molecule has 1 aliphatic carbocycles. The van der Waals surface area contributed by atoms with E-state index in [2.05, 4.69) is 43.1 Å². The zero-order valence-corrected chi connectivity index (χ0v) is 12.6. The number of aliphatic hydroxyl groups excluding tert-OH is 1. The van der Waals surface area contributed by atoms with Crippen molar-refractivity contribution in [2.75, 3.05) is 32.6 Å². The molecule has 1 aromatic carbocycles. The Morgan fingerprint density at radius 3 is 2.11 bits per heavy atom. The molecule has 0 aliphatic heterocycles. The maximum Gasteiger partial charge on any atom is 0.0761 e. The molecular weight excluding hydrogens is 236 g/mol. The Kier molecular flexibility index (Phi) is 4.16. The van der Waals surface area contributed by atoms with Crippen LogP contribution < -0.4 is 4.90 Å². The summed E-state index contributed by atoms with van der Waals surface area (Å²) in [6.45, 7) is 2.86. The van der Waals surface area contributed by atoms with Gasteiger partial charge < -0.3 is 14.9 Å². The van der Waals surface area contributed by atoms with Crippen LogP contribution in [0.1, 0.15) is 37.9 Å². The van der Waals surface area contributed by atoms with E-state index in [4.69, 9.17) is 0 Å². The Morgan fingerprint density at radius 2 is 1.74 bits per heavy atom. The van der Waals surface area contributed by atoms with Crippen LogP contribution in [0.25, 0.3) is 0 Å². The van der Waals surface area contributed by atoms with Crippen molar-refractivity contribution in [2.45, 2.75) is 37.8 Å². The van der Waals surface area contributed by atoms with Crippen LogP contribution in [-0.2, 0) is 0 Å². The summed E-state index contributed by atoms with van der Waals surface area (Å²) in [5.41, 5.74) is 2.54. The zero-order chi connectivity index (χ0) is 14.0. The van der Waals surface area contributed by atoms with E-state index >= 15 is 0 Å². The average molecular weight is 262 g/mol. The lowest BCUT2D eigenvalue weighted by molar-refractivity contribution is 0.0683. The van der Waals surface area contributed by atoms with Crippen LogP contribution in [0.5, 0.6) is 0 Å². The molecule has 19 heavy (non-hydrogen) atoms. The number of likely N-dealkylation sites (N-methyl/N-ethyl adjacent to an activating group) is 2. The quantitative estimate of drug-likeness (QED) is 0.884. The van der Waals surface area contributed by atoms with E-state index in [1.165, 1.54) is 24.9 Å². The number of rotatable bonds is 5. The van der Waals surface area contributed by atoms with Gasteiger partial charge in [-0.15, -0.1) is 0 Å². The second kappa shape index (κ2) is 5.51. The van der Waals surface area contributed by atoms with Gasteiger partial charge >= 0.3 is 0 Å². The van der Waals surface area contributed by atoms with Crippen molar-refractivity contribution >= 4 is 5.69 Å². The highest BCUT2D eigenvalue weighted by Gasteiger charge is 2.39. The fourth-order valence-corrected chi connectivity index (χ4v) is 2.87. The fourth-order valence-electron chi connectivity index (χ4n) is 2.87. The third-order valence-corrected chi connectivity index (χ3v) is 4.58. The molecule has 0 spiro atoms. The topological polar surface area (TPSA) is 26.7 Å². The van der Waals surface area contributed by atoms with Gasteiger partial charge in [-0.25, -0.2) is 0 Å². The van der Waals surface area contributed by atoms with Gasteiger partial charge in [0.15, 0.2) is 0 Å². The van der Waals surface area contributed by atoms with Crippen molar-refractivity contribution in [3.05, 3.63) is 29.8 Å². The van der Waals surface area contributed by atoms with Crippen molar-refractivity contribution in [3.8, 4) is 0 Å². The van der Waals surface area contributed by atoms with E-state index in [0.717, 1.165) is 12.1 Å². The lowest BCUT2D eigenvalue weighted by atomic mass is 9.75. The van der Waals surface area contributed by atoms with E-state index in [1.54, 1.807) is 6.92 Å². The zero-order valence-electron chi connectivity index (χ0n) is 12.6. The summed E-state index contributed by atoms with van der Waals surface area (Å²) in [6, 6.07) is 8.23. The highest BCUT2D eigenvalue weighted by Crippen LogP contribution is 2.37. The number of aliphatic hydroxyl groups is 1. The standard InChI is InChI=1S/C16H26N2O/c1-13(19)14-6-8-15(9-7-14)18(4)12-16(17(2)3)10-5-11-16/h6-9,13,19H,5,10-12H2,1-4H3/t13-/m1/s1. The Hall–Kier alpha value is -1.06. The van der Waals surface area contributed by atoms with Crippen LogP contribution in [0.2, 0.25) is 0 Å². The molecule has 2 rings (SSSR count). The number of hydrogen-bond donors (Lipinski definition) is 1. The monoisotopic (exact) mass is 262 g/mol. The van der Waals surface area contributed by atoms with Crippen LogP contribution in [0.4, 0.5) is 5.69 Å². The maximum atomic E-state index is 9.54. The van der Waals surface area contributed by atoms with Crippen LogP contribution >= 0.6 is 0 Å². The van der Waals surface area contributed by atoms with Crippen molar-refractivity contribution in [2.24, 2.45) is 0 Å². The normalized spacial score (nSPS) is 19.1. The highest BCUT2D eigenvalue weighted by atomic mass is 16.3. The Balaban J connectivity index is 2.05. The highest BCUT2D eigenvalue weighted by molar-refractivity contribution is 5.47. The van der Waals surface area contributed by atoms with Crippen LogP contribution in [-0.4, -0.2) is 43.2 Å². The fraction of sp³-hybridized carbons (Fsp3) is 0.625. The van der Waals surface area contributed by atoms with E-state index in [1.807, 2.05) is 12.1 Å². The van der Waals surface area contributed by atoms with E-state index < -0.39 is 0 Å². The number of nitrogens with zero attached hydrogens (tertiary/aromatic N) is 2. The first kappa shape index (κ1) is 14.4. The van der Waals surface area contributed by atoms with Crippen molar-refractivity contribution in [1.82, 2.24) is 4.90 Å². The van der Waals surface area contributed by atoms with Crippen molar-refractivity contribution < 1.29 is 5.11 Å². The largest absolute Gasteiger partial charge is 0.389 e. The molecule has 106 valence electrons. The predicted octanol–water partition coefficient (Wildman–Crippen LogP) is 2.66. The second-order valence-corrected chi connectivity index (χ2v) is 6.10. The second-order valence-electron chi connectivity index (χ2n) is 6.10. The lowest BCUT2D eigenvalue weighted by Gasteiger charge is -2.49. The summed E-state index contributed by atoms with van der Waals surface area (Å²) >= 11 is 0. The molecule has 1 aromatic rings. The first-order valence-corrected chi connectivity index (χ1v) is 7.11. The van der Waals surface area contributed by atoms with Crippen LogP contribution in [0.15, 0.2) is 24.3 Å². The van der Waals surface area contributed by atoms with Crippen LogP contribution in [0, 0.1) is 0 Å². The Bertz CT molecular complexity index is 407. The molecular formula is C16H26N2O. The van der Waals surface area contributed by atoms with E-state index in [0.29, 0.717) is 5.54 Å². The number of benzene rings is 1. The summed E-state index contributed by atoms with van der Waals surface area (Å²) in [5.74, 6) is 0. The van der Waals surface area contributed by atoms with Crippen LogP contribution in [0.3, 0.4) is 0 Å². The Morgan fingerprint density at radius 1 is 1.16 bits per heavy atom. The van der Waals surface area contributed by atoms with Gasteiger partial charge in [-0.2, -0.15) is 0 Å². The summed E-state index contributed by atoms with van der Waals surface area (Å²) in [7, 11) is 6.52. The molecule has 0 radical (unpaired) electrons. The summed E-state index contributed by atoms with van der Waals surface area (Å²) < 4.78 is 0. The minimum Gasteiger partial charge on any atom is -0.389 e. The third-order valence-electron chi connectivity index (χ3n) is 4.58. The first-order chi connectivity index (χ1) is 8.94. The number of anilines is 1. The molecule has 3 heteroatoms. The molecule has 1 atom stereocenters. The molecule has 0 bridgehead atoms. The minimum atomic E-state index is -0.390. The van der Waals surface area contributed by atoms with Crippen molar-refractivity contribution in [1.29, 1.82) is 0 Å². The summed E-state index contributed by atoms with van der Waals surface area (Å²) in [6.07, 6.45) is 3.53. The molecule has 0 heterocycles. The van der Waals surface area contributed by atoms with Gasteiger partial charge in [0.2, 0.25) is 0 Å². The smallest absolute Gasteiger partial charge is 0.0761 e. The lowest BCUT2D eigenvalue weighted by Crippen LogP contribution is -2.56. The molecule has 0 saturated heterocycles.